The van der Waals surface area contributed by atoms with Crippen LogP contribution in [0.4, 0.5) is 13.6 Å². The predicted molar refractivity (Wildman–Crippen MR) is 20.0 cm³/mol. The number of hydrogen-bond acceptors (Lipinski definition) is 2. The van der Waals surface area contributed by atoms with E-state index in [1.807, 2.05) is 0 Å². The summed E-state index contributed by atoms with van der Waals surface area (Å²) < 4.78 is 25.7. The van der Waals surface area contributed by atoms with Crippen LogP contribution >= 0.6 is 0 Å². The van der Waals surface area contributed by atoms with E-state index in [1.54, 1.807) is 0 Å². The van der Waals surface area contributed by atoms with Crippen LogP contribution in [0.25, 0.3) is 0 Å². The quantitative estimate of drug-likeness (QED) is 0.560. The molecule has 0 aliphatic heterocycles. The molecule has 3 nitrogen and oxygen atoms in total. The van der Waals surface area contributed by atoms with Gasteiger partial charge in [0.05, 0.1) is 0 Å². The summed E-state index contributed by atoms with van der Waals surface area (Å²) in [4.78, 5) is 9.34. The summed E-state index contributed by atoms with van der Waals surface area (Å²) in [7, 11) is 0. The fraction of sp³-hybridized carbons (Fsp3) is 0.667. The Balaban J connectivity index is 3.24. The molecule has 1 N–H and O–H groups in total. The maximum absolute atomic E-state index is 11.4. The first-order chi connectivity index (χ1) is 3.66. The zero-order chi connectivity index (χ0) is 6.57. The van der Waals surface area contributed by atoms with Gasteiger partial charge in [-0.1, -0.05) is 0 Å². The fourth-order valence-corrected chi connectivity index (χ4v) is 0.141. The van der Waals surface area contributed by atoms with E-state index >= 15 is 0 Å². The molecule has 0 rings (SSSR count). The number of alkyl halides is 2. The van der Waals surface area contributed by atoms with Gasteiger partial charge in [0.1, 0.15) is 0 Å². The van der Waals surface area contributed by atoms with Gasteiger partial charge in [0.15, 0.2) is 6.67 Å². The molecule has 0 aliphatic carbocycles. The van der Waals surface area contributed by atoms with Crippen LogP contribution in [0.1, 0.15) is 0 Å². The number of halogens is 2. The lowest BCUT2D eigenvalue weighted by Crippen LogP contribution is -2.12. The average Bonchev–Trinajstić information content (AvgIpc) is 1.65. The van der Waals surface area contributed by atoms with Crippen LogP contribution in [-0.2, 0) is 4.74 Å². The van der Waals surface area contributed by atoms with E-state index in [0.29, 0.717) is 0 Å². The normalized spacial score (nSPS) is 12.8. The molecule has 0 fully saturated rings. The molecule has 0 saturated carbocycles. The molecule has 0 aromatic carbocycles. The first-order valence-corrected chi connectivity index (χ1v) is 1.76. The third-order valence-electron chi connectivity index (χ3n) is 0.350. The van der Waals surface area contributed by atoms with E-state index in [0.717, 1.165) is 0 Å². The summed E-state index contributed by atoms with van der Waals surface area (Å²) >= 11 is 0. The number of carbonyl (C=O) groups is 1. The van der Waals surface area contributed by atoms with Crippen molar-refractivity contribution in [2.45, 2.75) is 6.36 Å². The molecular weight excluding hydrogens is 122 g/mol. The van der Waals surface area contributed by atoms with Crippen molar-refractivity contribution in [1.29, 1.82) is 0 Å². The summed E-state index contributed by atoms with van der Waals surface area (Å²) in [5.74, 6) is 0. The van der Waals surface area contributed by atoms with E-state index in [2.05, 4.69) is 4.74 Å². The SMILES string of the molecule is O=C(O)OC(F)CF. The number of ether oxygens (including phenoxy) is 1. The topological polar surface area (TPSA) is 46.5 Å². The van der Waals surface area contributed by atoms with E-state index in [-0.39, 0.29) is 0 Å². The summed E-state index contributed by atoms with van der Waals surface area (Å²) in [6, 6.07) is 0. The third kappa shape index (κ3) is 3.32. The number of rotatable bonds is 2. The van der Waals surface area contributed by atoms with E-state index in [9.17, 15) is 13.6 Å². The highest BCUT2D eigenvalue weighted by molar-refractivity contribution is 5.56. The Hall–Kier alpha value is -0.870. The maximum Gasteiger partial charge on any atom is 0.508 e. The van der Waals surface area contributed by atoms with Crippen molar-refractivity contribution in [1.82, 2.24) is 0 Å². The first kappa shape index (κ1) is 7.13. The van der Waals surface area contributed by atoms with Crippen molar-refractivity contribution >= 4 is 6.16 Å². The molecule has 1 atom stereocenters. The van der Waals surface area contributed by atoms with Crippen molar-refractivity contribution in [2.24, 2.45) is 0 Å². The molecule has 1 unspecified atom stereocenters. The Morgan fingerprint density at radius 1 is 1.88 bits per heavy atom. The minimum absolute atomic E-state index is 1.44. The molecule has 0 aliphatic rings. The molecule has 0 bridgehead atoms. The molecule has 0 heterocycles. The highest BCUT2D eigenvalue weighted by Crippen LogP contribution is 1.93. The molecule has 48 valence electrons. The minimum atomic E-state index is -2.34. The third-order valence-corrected chi connectivity index (χ3v) is 0.350. The van der Waals surface area contributed by atoms with Crippen LogP contribution in [0, 0.1) is 0 Å². The first-order valence-electron chi connectivity index (χ1n) is 1.76. The molecule has 5 heteroatoms. The van der Waals surface area contributed by atoms with Gasteiger partial charge in [-0.3, -0.25) is 0 Å². The summed E-state index contributed by atoms with van der Waals surface area (Å²) in [6.45, 7) is -1.44. The smallest absolute Gasteiger partial charge is 0.450 e. The highest BCUT2D eigenvalue weighted by Gasteiger charge is 2.08. The van der Waals surface area contributed by atoms with Crippen LogP contribution in [-0.4, -0.2) is 24.3 Å². The Kier molecular flexibility index (Phi) is 2.83. The molecule has 0 amide bonds. The molecule has 0 saturated heterocycles. The molecule has 0 aromatic heterocycles. The van der Waals surface area contributed by atoms with Crippen molar-refractivity contribution in [2.75, 3.05) is 6.67 Å². The second-order valence-corrected chi connectivity index (χ2v) is 0.948. The van der Waals surface area contributed by atoms with Gasteiger partial charge in [-0.15, -0.1) is 0 Å². The highest BCUT2D eigenvalue weighted by atomic mass is 19.2. The summed E-state index contributed by atoms with van der Waals surface area (Å²) in [5.41, 5.74) is 0. The van der Waals surface area contributed by atoms with Gasteiger partial charge in [0.2, 0.25) is 0 Å². The predicted octanol–water partition coefficient (Wildman–Crippen LogP) is 0.946. The minimum Gasteiger partial charge on any atom is -0.450 e. The Morgan fingerprint density at radius 3 is 2.50 bits per heavy atom. The van der Waals surface area contributed by atoms with Crippen molar-refractivity contribution in [3.8, 4) is 0 Å². The largest absolute Gasteiger partial charge is 0.508 e. The van der Waals surface area contributed by atoms with Gasteiger partial charge in [0.25, 0.3) is 6.36 Å². The monoisotopic (exact) mass is 126 g/mol. The molecule has 0 radical (unpaired) electrons. The molecule has 0 aromatic rings. The van der Waals surface area contributed by atoms with Gasteiger partial charge < -0.3 is 9.84 Å². The molecule has 8 heavy (non-hydrogen) atoms. The maximum atomic E-state index is 11.4. The van der Waals surface area contributed by atoms with Crippen LogP contribution in [0.5, 0.6) is 0 Å². The lowest BCUT2D eigenvalue weighted by Gasteiger charge is -1.98. The van der Waals surface area contributed by atoms with Crippen LogP contribution in [0.15, 0.2) is 0 Å². The van der Waals surface area contributed by atoms with Crippen LogP contribution in [0.3, 0.4) is 0 Å². The van der Waals surface area contributed by atoms with Gasteiger partial charge in [0, 0.05) is 0 Å². The second kappa shape index (κ2) is 3.17. The van der Waals surface area contributed by atoms with Crippen molar-refractivity contribution in [3.05, 3.63) is 0 Å². The number of carboxylic acid groups (broad SMARTS) is 1. The second-order valence-electron chi connectivity index (χ2n) is 0.948. The standard InChI is InChI=1S/C3H4F2O3/c4-1-2(5)8-3(6)7/h2H,1H2,(H,6,7). The Bertz CT molecular complexity index is 84.6. The lowest BCUT2D eigenvalue weighted by molar-refractivity contribution is -0.0271. The lowest BCUT2D eigenvalue weighted by atomic mass is 10.8. The fourth-order valence-electron chi connectivity index (χ4n) is 0.141. The Morgan fingerprint density at radius 2 is 2.38 bits per heavy atom. The van der Waals surface area contributed by atoms with Crippen LogP contribution < -0.4 is 0 Å². The van der Waals surface area contributed by atoms with Crippen molar-refractivity contribution < 1.29 is 23.4 Å². The van der Waals surface area contributed by atoms with Gasteiger partial charge >= 0.3 is 6.16 Å². The van der Waals surface area contributed by atoms with Gasteiger partial charge in [-0.2, -0.15) is 4.39 Å². The van der Waals surface area contributed by atoms with E-state index in [4.69, 9.17) is 5.11 Å². The summed E-state index contributed by atoms with van der Waals surface area (Å²) in [6.07, 6.45) is -4.15. The Labute approximate surface area is 43.9 Å². The average molecular weight is 126 g/mol. The van der Waals surface area contributed by atoms with Crippen LogP contribution in [0.2, 0.25) is 0 Å². The summed E-state index contributed by atoms with van der Waals surface area (Å²) in [5, 5.41) is 7.59. The number of hydrogen-bond donors (Lipinski definition) is 1. The zero-order valence-electron chi connectivity index (χ0n) is 3.80. The van der Waals surface area contributed by atoms with Crippen molar-refractivity contribution in [3.63, 3.8) is 0 Å². The molecular formula is C3H4F2O3. The van der Waals surface area contributed by atoms with E-state index < -0.39 is 19.2 Å². The van der Waals surface area contributed by atoms with E-state index in [1.165, 1.54) is 0 Å². The van der Waals surface area contributed by atoms with Gasteiger partial charge in [-0.05, 0) is 0 Å². The zero-order valence-corrected chi connectivity index (χ0v) is 3.80. The molecule has 0 spiro atoms. The van der Waals surface area contributed by atoms with Gasteiger partial charge in [-0.25, -0.2) is 9.18 Å².